The van der Waals surface area contributed by atoms with E-state index in [0.717, 1.165) is 11.1 Å². The number of aryl methyl sites for hydroxylation is 1. The Balaban J connectivity index is 2.17. The number of benzene rings is 2. The lowest BCUT2D eigenvalue weighted by atomic mass is 10.1. The highest BCUT2D eigenvalue weighted by Crippen LogP contribution is 2.19. The van der Waals surface area contributed by atoms with Crippen molar-refractivity contribution in [2.24, 2.45) is 5.73 Å². The van der Waals surface area contributed by atoms with Gasteiger partial charge in [-0.2, -0.15) is 0 Å². The highest BCUT2D eigenvalue weighted by atomic mass is 35.5. The lowest BCUT2D eigenvalue weighted by molar-refractivity contribution is 0.102. The van der Waals surface area contributed by atoms with Crippen molar-refractivity contribution in [3.05, 3.63) is 64.2 Å². The van der Waals surface area contributed by atoms with Crippen molar-refractivity contribution in [1.82, 2.24) is 0 Å². The van der Waals surface area contributed by atoms with Gasteiger partial charge in [-0.05, 0) is 48.9 Å². The van der Waals surface area contributed by atoms with Crippen LogP contribution in [0.3, 0.4) is 0 Å². The van der Waals surface area contributed by atoms with E-state index in [1.54, 1.807) is 36.4 Å². The van der Waals surface area contributed by atoms with Gasteiger partial charge in [0.1, 0.15) is 4.99 Å². The maximum Gasteiger partial charge on any atom is 0.257 e. The van der Waals surface area contributed by atoms with Crippen LogP contribution in [0.25, 0.3) is 0 Å². The molecule has 2 aromatic carbocycles. The molecule has 2 rings (SSSR count). The first-order valence-electron chi connectivity index (χ1n) is 5.95. The zero-order chi connectivity index (χ0) is 14.7. The number of thiocarbonyl (C=S) groups is 1. The third kappa shape index (κ3) is 3.35. The van der Waals surface area contributed by atoms with Crippen molar-refractivity contribution in [1.29, 1.82) is 0 Å². The number of carbonyl (C=O) groups is 1. The molecule has 2 aromatic rings. The van der Waals surface area contributed by atoms with Crippen LogP contribution in [-0.2, 0) is 0 Å². The van der Waals surface area contributed by atoms with Gasteiger partial charge in [0.05, 0.1) is 10.6 Å². The smallest absolute Gasteiger partial charge is 0.257 e. The number of nitrogens with two attached hydrogens (primary N) is 1. The van der Waals surface area contributed by atoms with Crippen molar-refractivity contribution in [3.63, 3.8) is 0 Å². The summed E-state index contributed by atoms with van der Waals surface area (Å²) in [7, 11) is 0. The van der Waals surface area contributed by atoms with Gasteiger partial charge >= 0.3 is 0 Å². The summed E-state index contributed by atoms with van der Waals surface area (Å²) in [6.07, 6.45) is 0. The fourth-order valence-corrected chi connectivity index (χ4v) is 2.18. The van der Waals surface area contributed by atoms with E-state index in [-0.39, 0.29) is 5.91 Å². The summed E-state index contributed by atoms with van der Waals surface area (Å²) in [5.41, 5.74) is 8.38. The highest BCUT2D eigenvalue weighted by molar-refractivity contribution is 7.80. The number of anilines is 1. The Morgan fingerprint density at radius 3 is 2.40 bits per heavy atom. The molecule has 1 amide bonds. The maximum absolute atomic E-state index is 12.1. The van der Waals surface area contributed by atoms with E-state index in [9.17, 15) is 4.79 Å². The number of nitrogens with one attached hydrogen (secondary N) is 1. The number of amides is 1. The molecule has 20 heavy (non-hydrogen) atoms. The van der Waals surface area contributed by atoms with E-state index in [1.165, 1.54) is 0 Å². The average Bonchev–Trinajstić information content (AvgIpc) is 2.39. The van der Waals surface area contributed by atoms with Gasteiger partial charge in [0.25, 0.3) is 5.91 Å². The molecule has 3 nitrogen and oxygen atoms in total. The molecule has 0 unspecified atom stereocenters. The quantitative estimate of drug-likeness (QED) is 0.853. The fraction of sp³-hybridized carbons (Fsp3) is 0.0667. The van der Waals surface area contributed by atoms with Crippen LogP contribution in [0.5, 0.6) is 0 Å². The van der Waals surface area contributed by atoms with Crippen LogP contribution in [0, 0.1) is 6.92 Å². The van der Waals surface area contributed by atoms with Gasteiger partial charge < -0.3 is 11.1 Å². The third-order valence-corrected chi connectivity index (χ3v) is 3.34. The molecule has 0 atom stereocenters. The highest BCUT2D eigenvalue weighted by Gasteiger charge is 2.10. The molecule has 3 N–H and O–H groups in total. The number of hydrogen-bond donors (Lipinski definition) is 2. The minimum atomic E-state index is -0.252. The molecule has 102 valence electrons. The minimum absolute atomic E-state index is 0.252. The lowest BCUT2D eigenvalue weighted by Gasteiger charge is -2.08. The Morgan fingerprint density at radius 1 is 1.20 bits per heavy atom. The minimum Gasteiger partial charge on any atom is -0.389 e. The summed E-state index contributed by atoms with van der Waals surface area (Å²) in [5.74, 6) is -0.252. The molecule has 5 heteroatoms. The van der Waals surface area contributed by atoms with Crippen LogP contribution in [0.1, 0.15) is 21.5 Å². The lowest BCUT2D eigenvalue weighted by Crippen LogP contribution is -2.13. The second-order valence-corrected chi connectivity index (χ2v) is 5.23. The summed E-state index contributed by atoms with van der Waals surface area (Å²) in [6, 6.07) is 12.3. The second-order valence-electron chi connectivity index (χ2n) is 4.38. The fourth-order valence-electron chi connectivity index (χ4n) is 1.72. The van der Waals surface area contributed by atoms with E-state index in [4.69, 9.17) is 29.6 Å². The molecule has 0 heterocycles. The Morgan fingerprint density at radius 2 is 1.85 bits per heavy atom. The van der Waals surface area contributed by atoms with Crippen LogP contribution in [0.4, 0.5) is 5.69 Å². The molecular weight excluding hydrogens is 292 g/mol. The van der Waals surface area contributed by atoms with Gasteiger partial charge in [0.2, 0.25) is 0 Å². The summed E-state index contributed by atoms with van der Waals surface area (Å²) in [6.45, 7) is 1.92. The van der Waals surface area contributed by atoms with Crippen LogP contribution >= 0.6 is 23.8 Å². The molecule has 0 spiro atoms. The first kappa shape index (κ1) is 14.5. The van der Waals surface area contributed by atoms with E-state index < -0.39 is 0 Å². The first-order chi connectivity index (χ1) is 9.47. The summed E-state index contributed by atoms with van der Waals surface area (Å²) in [4.78, 5) is 12.4. The standard InChI is InChI=1S/C15H13ClN2OS/c1-9-2-7-12(13(16)8-9)15(19)18-11-5-3-10(4-6-11)14(17)20/h2-8H,1H3,(H2,17,20)(H,18,19). The number of hydrogen-bond acceptors (Lipinski definition) is 2. The molecule has 0 saturated carbocycles. The van der Waals surface area contributed by atoms with Gasteiger partial charge in [-0.3, -0.25) is 4.79 Å². The predicted octanol–water partition coefficient (Wildman–Crippen LogP) is 3.53. The van der Waals surface area contributed by atoms with Gasteiger partial charge in [-0.15, -0.1) is 0 Å². The van der Waals surface area contributed by atoms with Gasteiger partial charge in [-0.1, -0.05) is 29.9 Å². The van der Waals surface area contributed by atoms with E-state index in [2.05, 4.69) is 5.32 Å². The van der Waals surface area contributed by atoms with E-state index in [1.807, 2.05) is 13.0 Å². The largest absolute Gasteiger partial charge is 0.389 e. The van der Waals surface area contributed by atoms with Crippen molar-refractivity contribution >= 4 is 40.4 Å². The molecule has 0 aliphatic rings. The monoisotopic (exact) mass is 304 g/mol. The Hall–Kier alpha value is -1.91. The van der Waals surface area contributed by atoms with Crippen LogP contribution < -0.4 is 11.1 Å². The molecule has 0 fully saturated rings. The molecular formula is C15H13ClN2OS. The number of halogens is 1. The normalized spacial score (nSPS) is 10.1. The summed E-state index contributed by atoms with van der Waals surface area (Å²) < 4.78 is 0. The Labute approximate surface area is 127 Å². The molecule has 0 aromatic heterocycles. The van der Waals surface area contributed by atoms with E-state index in [0.29, 0.717) is 21.3 Å². The SMILES string of the molecule is Cc1ccc(C(=O)Nc2ccc(C(N)=S)cc2)c(Cl)c1. The third-order valence-electron chi connectivity index (χ3n) is 2.80. The topological polar surface area (TPSA) is 55.1 Å². The maximum atomic E-state index is 12.1. The summed E-state index contributed by atoms with van der Waals surface area (Å²) in [5, 5.41) is 3.21. The van der Waals surface area contributed by atoms with Gasteiger partial charge in [0.15, 0.2) is 0 Å². The van der Waals surface area contributed by atoms with Crippen LogP contribution in [-0.4, -0.2) is 10.9 Å². The van der Waals surface area contributed by atoms with Crippen molar-refractivity contribution in [3.8, 4) is 0 Å². The van der Waals surface area contributed by atoms with Gasteiger partial charge in [-0.25, -0.2) is 0 Å². The molecule has 0 saturated heterocycles. The Bertz CT molecular complexity index is 668. The van der Waals surface area contributed by atoms with E-state index >= 15 is 0 Å². The Kier molecular flexibility index (Phi) is 4.37. The second kappa shape index (κ2) is 6.03. The summed E-state index contributed by atoms with van der Waals surface area (Å²) >= 11 is 10.9. The van der Waals surface area contributed by atoms with Crippen molar-refractivity contribution < 1.29 is 4.79 Å². The van der Waals surface area contributed by atoms with Crippen molar-refractivity contribution in [2.45, 2.75) is 6.92 Å². The molecule has 0 bridgehead atoms. The molecule has 0 aliphatic carbocycles. The zero-order valence-corrected chi connectivity index (χ0v) is 12.4. The zero-order valence-electron chi connectivity index (χ0n) is 10.8. The predicted molar refractivity (Wildman–Crippen MR) is 86.5 cm³/mol. The first-order valence-corrected chi connectivity index (χ1v) is 6.73. The average molecular weight is 305 g/mol. The van der Waals surface area contributed by atoms with Crippen LogP contribution in [0.2, 0.25) is 5.02 Å². The van der Waals surface area contributed by atoms with Crippen LogP contribution in [0.15, 0.2) is 42.5 Å². The van der Waals surface area contributed by atoms with Crippen molar-refractivity contribution in [2.75, 3.05) is 5.32 Å². The molecule has 0 radical (unpaired) electrons. The number of carbonyl (C=O) groups excluding carboxylic acids is 1. The van der Waals surface area contributed by atoms with Gasteiger partial charge in [0, 0.05) is 11.3 Å². The number of rotatable bonds is 3. The molecule has 0 aliphatic heterocycles.